The van der Waals surface area contributed by atoms with Gasteiger partial charge in [-0.15, -0.1) is 0 Å². The van der Waals surface area contributed by atoms with E-state index in [9.17, 15) is 14.7 Å². The molecule has 2 aromatic rings. The van der Waals surface area contributed by atoms with Crippen molar-refractivity contribution in [2.24, 2.45) is 0 Å². The molecule has 0 saturated carbocycles. The van der Waals surface area contributed by atoms with Gasteiger partial charge < -0.3 is 25.5 Å². The van der Waals surface area contributed by atoms with Crippen molar-refractivity contribution in [3.8, 4) is 5.75 Å². The number of benzene rings is 1. The number of hydrogen-bond donors (Lipinski definition) is 4. The van der Waals surface area contributed by atoms with Gasteiger partial charge in [0.05, 0.1) is 19.8 Å². The largest absolute Gasteiger partial charge is 0.497 e. The van der Waals surface area contributed by atoms with Crippen molar-refractivity contribution in [3.05, 3.63) is 63.1 Å². The first-order chi connectivity index (χ1) is 11.9. The molecule has 0 aliphatic heterocycles. The summed E-state index contributed by atoms with van der Waals surface area (Å²) in [5, 5.41) is 15.3. The second-order valence-electron chi connectivity index (χ2n) is 5.80. The number of aliphatic hydroxyl groups is 1. The third-order valence-corrected chi connectivity index (χ3v) is 3.88. The quantitative estimate of drug-likeness (QED) is 0.637. The second-order valence-corrected chi connectivity index (χ2v) is 5.80. The maximum absolute atomic E-state index is 11.9. The molecule has 7 heteroatoms. The fourth-order valence-corrected chi connectivity index (χ4v) is 2.47. The number of carbonyl (C=O) groups excluding carboxylic acids is 1. The fraction of sp³-hybridized carbons (Fsp3) is 0.333. The molecule has 25 heavy (non-hydrogen) atoms. The smallest absolute Gasteiger partial charge is 0.315 e. The number of hydrogen-bond acceptors (Lipinski definition) is 4. The third kappa shape index (κ3) is 5.09. The van der Waals surface area contributed by atoms with Crippen molar-refractivity contribution in [3.63, 3.8) is 0 Å². The summed E-state index contributed by atoms with van der Waals surface area (Å²) < 4.78 is 5.06. The van der Waals surface area contributed by atoms with Crippen molar-refractivity contribution in [2.75, 3.05) is 13.7 Å². The van der Waals surface area contributed by atoms with Gasteiger partial charge in [-0.05, 0) is 43.2 Å². The molecule has 0 radical (unpaired) electrons. The minimum absolute atomic E-state index is 0.0569. The van der Waals surface area contributed by atoms with Crippen molar-refractivity contribution < 1.29 is 14.6 Å². The summed E-state index contributed by atoms with van der Waals surface area (Å²) in [5.41, 5.74) is 2.57. The molecule has 0 aliphatic carbocycles. The average molecular weight is 345 g/mol. The van der Waals surface area contributed by atoms with Crippen LogP contribution in [0, 0.1) is 13.8 Å². The lowest BCUT2D eigenvalue weighted by Gasteiger charge is -2.14. The molecular weight excluding hydrogens is 322 g/mol. The summed E-state index contributed by atoms with van der Waals surface area (Å²) in [6, 6.07) is 8.35. The zero-order chi connectivity index (χ0) is 18.4. The van der Waals surface area contributed by atoms with Crippen LogP contribution in [0.3, 0.4) is 0 Å². The maximum atomic E-state index is 11.9. The Morgan fingerprint density at radius 1 is 1.24 bits per heavy atom. The molecule has 0 bridgehead atoms. The van der Waals surface area contributed by atoms with Gasteiger partial charge in [-0.3, -0.25) is 4.79 Å². The Balaban J connectivity index is 1.85. The van der Waals surface area contributed by atoms with Crippen LogP contribution in [0.25, 0.3) is 0 Å². The van der Waals surface area contributed by atoms with Gasteiger partial charge in [-0.25, -0.2) is 4.79 Å². The minimum atomic E-state index is -0.832. The first-order valence-corrected chi connectivity index (χ1v) is 7.94. The fourth-order valence-electron chi connectivity index (χ4n) is 2.47. The number of amides is 2. The molecule has 0 unspecified atom stereocenters. The molecule has 1 heterocycles. The zero-order valence-corrected chi connectivity index (χ0v) is 14.6. The summed E-state index contributed by atoms with van der Waals surface area (Å²) >= 11 is 0. The predicted molar refractivity (Wildman–Crippen MR) is 94.7 cm³/mol. The highest BCUT2D eigenvalue weighted by atomic mass is 16.5. The van der Waals surface area contributed by atoms with E-state index >= 15 is 0 Å². The Labute approximate surface area is 146 Å². The Hall–Kier alpha value is -2.80. The lowest BCUT2D eigenvalue weighted by molar-refractivity contribution is 0.173. The molecule has 0 aliphatic rings. The first kappa shape index (κ1) is 18.5. The van der Waals surface area contributed by atoms with Gasteiger partial charge in [0.25, 0.3) is 5.56 Å². The number of methoxy groups -OCH3 is 1. The summed E-state index contributed by atoms with van der Waals surface area (Å²) in [4.78, 5) is 26.5. The monoisotopic (exact) mass is 345 g/mol. The number of H-pyrrole nitrogens is 1. The highest BCUT2D eigenvalue weighted by Gasteiger charge is 2.11. The molecule has 0 spiro atoms. The number of rotatable bonds is 6. The van der Waals surface area contributed by atoms with Crippen LogP contribution in [0.1, 0.15) is 28.5 Å². The number of aromatic nitrogens is 1. The van der Waals surface area contributed by atoms with Gasteiger partial charge >= 0.3 is 6.03 Å². The number of aryl methyl sites for hydroxylation is 2. The standard InChI is InChI=1S/C18H23N3O4/c1-11-8-12(2)21-17(23)15(11)9-19-18(24)20-10-16(22)13-4-6-14(25-3)7-5-13/h4-8,16,22H,9-10H2,1-3H3,(H,21,23)(H2,19,20,24)/t16-/m1/s1. The number of nitrogens with one attached hydrogen (secondary N) is 3. The molecule has 1 aromatic heterocycles. The van der Waals surface area contributed by atoms with E-state index in [1.54, 1.807) is 38.3 Å². The second kappa shape index (κ2) is 8.34. The first-order valence-electron chi connectivity index (χ1n) is 7.94. The molecule has 4 N–H and O–H groups in total. The Kier molecular flexibility index (Phi) is 6.19. The van der Waals surface area contributed by atoms with Gasteiger partial charge in [-0.2, -0.15) is 0 Å². The van der Waals surface area contributed by atoms with Crippen LogP contribution in [0.15, 0.2) is 35.1 Å². The van der Waals surface area contributed by atoms with Crippen LogP contribution in [0.4, 0.5) is 4.79 Å². The number of carbonyl (C=O) groups is 1. The van der Waals surface area contributed by atoms with Gasteiger partial charge in [0.15, 0.2) is 0 Å². The van der Waals surface area contributed by atoms with Crippen LogP contribution < -0.4 is 20.9 Å². The van der Waals surface area contributed by atoms with Gasteiger partial charge in [0.1, 0.15) is 5.75 Å². The summed E-state index contributed by atoms with van der Waals surface area (Å²) in [6.45, 7) is 3.80. The Morgan fingerprint density at radius 3 is 2.52 bits per heavy atom. The van der Waals surface area contributed by atoms with Crippen LogP contribution in [0.2, 0.25) is 0 Å². The molecule has 7 nitrogen and oxygen atoms in total. The van der Waals surface area contributed by atoms with E-state index in [1.165, 1.54) is 0 Å². The predicted octanol–water partition coefficient (Wildman–Crippen LogP) is 1.53. The molecule has 0 fully saturated rings. The van der Waals surface area contributed by atoms with Gasteiger partial charge in [0.2, 0.25) is 0 Å². The molecule has 2 rings (SSSR count). The molecule has 1 aromatic carbocycles. The lowest BCUT2D eigenvalue weighted by atomic mass is 10.1. The molecule has 134 valence electrons. The maximum Gasteiger partial charge on any atom is 0.315 e. The Morgan fingerprint density at radius 2 is 1.92 bits per heavy atom. The van der Waals surface area contributed by atoms with Gasteiger partial charge in [0, 0.05) is 17.8 Å². The van der Waals surface area contributed by atoms with Gasteiger partial charge in [-0.1, -0.05) is 12.1 Å². The normalized spacial score (nSPS) is 11.7. The lowest BCUT2D eigenvalue weighted by Crippen LogP contribution is -2.38. The summed E-state index contributed by atoms with van der Waals surface area (Å²) in [5.74, 6) is 0.695. The summed E-state index contributed by atoms with van der Waals surface area (Å²) in [7, 11) is 1.57. The number of ether oxygens (including phenoxy) is 1. The van der Waals surface area contributed by atoms with E-state index in [0.29, 0.717) is 16.9 Å². The van der Waals surface area contributed by atoms with E-state index in [-0.39, 0.29) is 18.6 Å². The van der Waals surface area contributed by atoms with E-state index in [1.807, 2.05) is 13.0 Å². The molecule has 1 atom stereocenters. The number of pyridine rings is 1. The van der Waals surface area contributed by atoms with Crippen molar-refractivity contribution >= 4 is 6.03 Å². The molecule has 2 amide bonds. The third-order valence-electron chi connectivity index (χ3n) is 3.88. The van der Waals surface area contributed by atoms with E-state index in [4.69, 9.17) is 4.74 Å². The Bertz CT molecular complexity index is 784. The van der Waals surface area contributed by atoms with E-state index in [0.717, 1.165) is 11.3 Å². The van der Waals surface area contributed by atoms with E-state index in [2.05, 4.69) is 15.6 Å². The highest BCUT2D eigenvalue weighted by Crippen LogP contribution is 2.16. The zero-order valence-electron chi connectivity index (χ0n) is 14.6. The number of aromatic amines is 1. The highest BCUT2D eigenvalue weighted by molar-refractivity contribution is 5.73. The number of urea groups is 1. The molecule has 0 saturated heterocycles. The minimum Gasteiger partial charge on any atom is -0.497 e. The average Bonchev–Trinajstić information content (AvgIpc) is 2.58. The van der Waals surface area contributed by atoms with Crippen LogP contribution >= 0.6 is 0 Å². The van der Waals surface area contributed by atoms with E-state index < -0.39 is 12.1 Å². The number of aliphatic hydroxyl groups excluding tert-OH is 1. The SMILES string of the molecule is COc1ccc([C@H](O)CNC(=O)NCc2c(C)cc(C)[nH]c2=O)cc1. The summed E-state index contributed by atoms with van der Waals surface area (Å²) in [6.07, 6.45) is -0.832. The van der Waals surface area contributed by atoms with Crippen LogP contribution in [0.5, 0.6) is 5.75 Å². The topological polar surface area (TPSA) is 103 Å². The van der Waals surface area contributed by atoms with Crippen molar-refractivity contribution in [1.82, 2.24) is 15.6 Å². The van der Waals surface area contributed by atoms with Crippen LogP contribution in [-0.4, -0.2) is 29.8 Å². The van der Waals surface area contributed by atoms with Crippen LogP contribution in [-0.2, 0) is 6.54 Å². The van der Waals surface area contributed by atoms with Crippen molar-refractivity contribution in [2.45, 2.75) is 26.5 Å². The van der Waals surface area contributed by atoms with Crippen molar-refractivity contribution in [1.29, 1.82) is 0 Å². The molecular formula is C18H23N3O4.